The van der Waals surface area contributed by atoms with Crippen LogP contribution in [0.5, 0.6) is 0 Å². The Bertz CT molecular complexity index is 366. The summed E-state index contributed by atoms with van der Waals surface area (Å²) in [6.45, 7) is 0. The maximum Gasteiger partial charge on any atom is 0.320 e. The van der Waals surface area contributed by atoms with Crippen LogP contribution in [0.15, 0.2) is 0 Å². The van der Waals surface area contributed by atoms with E-state index in [2.05, 4.69) is 10.1 Å². The van der Waals surface area contributed by atoms with E-state index >= 15 is 0 Å². The van der Waals surface area contributed by atoms with Crippen molar-refractivity contribution >= 4 is 15.8 Å². The third-order valence-electron chi connectivity index (χ3n) is 3.48. The summed E-state index contributed by atoms with van der Waals surface area (Å²) >= 11 is 0. The number of fused-ring (bicyclic) bond motifs is 2. The highest BCUT2D eigenvalue weighted by Crippen LogP contribution is 2.30. The first-order chi connectivity index (χ1) is 7.51. The van der Waals surface area contributed by atoms with Crippen LogP contribution >= 0.6 is 0 Å². The van der Waals surface area contributed by atoms with Crippen LogP contribution in [-0.4, -0.2) is 44.6 Å². The number of nitrogens with one attached hydrogen (secondary N) is 1. The standard InChI is InChI=1S/C10H17NO4S/c1-15-10(12)6-16(13,14)9-4-7-2-3-8(5-9)11-7/h7-9,11H,2-6H2,1H3/t7-,8-/m0/s1. The molecule has 5 nitrogen and oxygen atoms in total. The van der Waals surface area contributed by atoms with Gasteiger partial charge >= 0.3 is 5.97 Å². The molecule has 0 saturated carbocycles. The third-order valence-corrected chi connectivity index (χ3v) is 5.52. The number of esters is 1. The first-order valence-electron chi connectivity index (χ1n) is 5.55. The molecule has 2 bridgehead atoms. The molecule has 1 N–H and O–H groups in total. The van der Waals surface area contributed by atoms with Crippen molar-refractivity contribution in [3.63, 3.8) is 0 Å². The third kappa shape index (κ3) is 2.38. The average Bonchev–Trinajstić information content (AvgIpc) is 2.56. The molecular formula is C10H17NO4S. The van der Waals surface area contributed by atoms with Gasteiger partial charge in [-0.05, 0) is 25.7 Å². The SMILES string of the molecule is COC(=O)CS(=O)(=O)C1C[C@@H]2CC[C@@H](C1)N2. The van der Waals surface area contributed by atoms with E-state index < -0.39 is 21.6 Å². The lowest BCUT2D eigenvalue weighted by molar-refractivity contribution is -0.137. The smallest absolute Gasteiger partial charge is 0.320 e. The molecule has 6 heteroatoms. The van der Waals surface area contributed by atoms with Crippen molar-refractivity contribution in [2.75, 3.05) is 12.9 Å². The number of hydrogen-bond acceptors (Lipinski definition) is 5. The summed E-state index contributed by atoms with van der Waals surface area (Å²) in [4.78, 5) is 11.0. The molecule has 2 aliphatic rings. The fourth-order valence-corrected chi connectivity index (χ4v) is 4.37. The molecule has 0 aliphatic carbocycles. The maximum absolute atomic E-state index is 11.9. The number of methoxy groups -OCH3 is 1. The molecule has 0 spiro atoms. The van der Waals surface area contributed by atoms with Crippen molar-refractivity contribution in [1.82, 2.24) is 5.32 Å². The Balaban J connectivity index is 2.04. The predicted molar refractivity (Wildman–Crippen MR) is 58.8 cm³/mol. The summed E-state index contributed by atoms with van der Waals surface area (Å²) in [6, 6.07) is 0.632. The largest absolute Gasteiger partial charge is 0.468 e. The van der Waals surface area contributed by atoms with E-state index in [9.17, 15) is 13.2 Å². The Kier molecular flexibility index (Phi) is 3.21. The lowest BCUT2D eigenvalue weighted by Gasteiger charge is -2.28. The van der Waals surface area contributed by atoms with E-state index in [1.807, 2.05) is 0 Å². The second-order valence-electron chi connectivity index (χ2n) is 4.61. The van der Waals surface area contributed by atoms with Gasteiger partial charge in [0.2, 0.25) is 0 Å². The quantitative estimate of drug-likeness (QED) is 0.703. The van der Waals surface area contributed by atoms with Gasteiger partial charge in [0.05, 0.1) is 12.4 Å². The highest BCUT2D eigenvalue weighted by molar-refractivity contribution is 7.92. The van der Waals surface area contributed by atoms with Gasteiger partial charge in [-0.25, -0.2) is 8.42 Å². The van der Waals surface area contributed by atoms with Crippen LogP contribution in [0.3, 0.4) is 0 Å². The van der Waals surface area contributed by atoms with Crippen LogP contribution in [0.4, 0.5) is 0 Å². The molecule has 2 rings (SSSR count). The molecule has 0 amide bonds. The summed E-state index contributed by atoms with van der Waals surface area (Å²) in [5.41, 5.74) is 0. The Morgan fingerprint density at radius 2 is 1.88 bits per heavy atom. The van der Waals surface area contributed by atoms with E-state index in [4.69, 9.17) is 0 Å². The first kappa shape index (κ1) is 11.9. The number of hydrogen-bond donors (Lipinski definition) is 1. The van der Waals surface area contributed by atoms with E-state index in [1.165, 1.54) is 7.11 Å². The molecule has 0 aromatic carbocycles. The molecule has 0 unspecified atom stereocenters. The highest BCUT2D eigenvalue weighted by atomic mass is 32.2. The van der Waals surface area contributed by atoms with Crippen LogP contribution in [0.1, 0.15) is 25.7 Å². The summed E-state index contributed by atoms with van der Waals surface area (Å²) in [5, 5.41) is 3.01. The van der Waals surface area contributed by atoms with Crippen molar-refractivity contribution < 1.29 is 17.9 Å². The maximum atomic E-state index is 11.9. The summed E-state index contributed by atoms with van der Waals surface area (Å²) < 4.78 is 28.3. The Morgan fingerprint density at radius 1 is 1.31 bits per heavy atom. The van der Waals surface area contributed by atoms with Crippen LogP contribution in [-0.2, 0) is 19.4 Å². The topological polar surface area (TPSA) is 72.5 Å². The van der Waals surface area contributed by atoms with Gasteiger partial charge in [-0.2, -0.15) is 0 Å². The van der Waals surface area contributed by atoms with Gasteiger partial charge in [-0.1, -0.05) is 0 Å². The van der Waals surface area contributed by atoms with Gasteiger partial charge in [0.15, 0.2) is 9.84 Å². The van der Waals surface area contributed by atoms with Crippen LogP contribution in [0.2, 0.25) is 0 Å². The number of carbonyl (C=O) groups is 1. The second kappa shape index (κ2) is 4.33. The van der Waals surface area contributed by atoms with E-state index in [1.54, 1.807) is 0 Å². The minimum atomic E-state index is -3.34. The Hall–Kier alpha value is -0.620. The monoisotopic (exact) mass is 247 g/mol. The summed E-state index contributed by atoms with van der Waals surface area (Å²) in [6.07, 6.45) is 3.37. The second-order valence-corrected chi connectivity index (χ2v) is 6.90. The van der Waals surface area contributed by atoms with Gasteiger partial charge in [-0.3, -0.25) is 4.79 Å². The Labute approximate surface area is 95.5 Å². The Morgan fingerprint density at radius 3 is 2.38 bits per heavy atom. The van der Waals surface area contributed by atoms with Crippen LogP contribution in [0, 0.1) is 0 Å². The zero-order valence-corrected chi connectivity index (χ0v) is 10.1. The lowest BCUT2D eigenvalue weighted by Crippen LogP contribution is -2.44. The van der Waals surface area contributed by atoms with Gasteiger partial charge in [0, 0.05) is 12.1 Å². The minimum absolute atomic E-state index is 0.316. The minimum Gasteiger partial charge on any atom is -0.468 e. The predicted octanol–water partition coefficient (Wildman–Crippen LogP) is -0.143. The van der Waals surface area contributed by atoms with E-state index in [0.717, 1.165) is 12.8 Å². The normalized spacial score (nSPS) is 33.7. The molecular weight excluding hydrogens is 230 g/mol. The lowest BCUT2D eigenvalue weighted by atomic mass is 10.1. The van der Waals surface area contributed by atoms with Crippen molar-refractivity contribution in [1.29, 1.82) is 0 Å². The molecule has 2 fully saturated rings. The molecule has 16 heavy (non-hydrogen) atoms. The van der Waals surface area contributed by atoms with Gasteiger partial charge in [0.25, 0.3) is 0 Å². The van der Waals surface area contributed by atoms with Crippen molar-refractivity contribution in [2.45, 2.75) is 43.0 Å². The summed E-state index contributed by atoms with van der Waals surface area (Å²) in [7, 11) is -2.12. The van der Waals surface area contributed by atoms with Gasteiger partial charge < -0.3 is 10.1 Å². The molecule has 92 valence electrons. The number of carbonyl (C=O) groups excluding carboxylic acids is 1. The molecule has 0 aromatic heterocycles. The van der Waals surface area contributed by atoms with Crippen molar-refractivity contribution in [2.24, 2.45) is 0 Å². The van der Waals surface area contributed by atoms with E-state index in [-0.39, 0.29) is 5.25 Å². The van der Waals surface area contributed by atoms with Crippen molar-refractivity contribution in [3.8, 4) is 0 Å². The van der Waals surface area contributed by atoms with Gasteiger partial charge in [-0.15, -0.1) is 0 Å². The van der Waals surface area contributed by atoms with E-state index in [0.29, 0.717) is 24.9 Å². The fourth-order valence-electron chi connectivity index (χ4n) is 2.64. The highest BCUT2D eigenvalue weighted by Gasteiger charge is 2.40. The molecule has 0 radical (unpaired) electrons. The zero-order chi connectivity index (χ0) is 11.8. The fraction of sp³-hybridized carbons (Fsp3) is 0.900. The summed E-state index contributed by atoms with van der Waals surface area (Å²) in [5.74, 6) is -1.14. The number of rotatable bonds is 3. The number of ether oxygens (including phenoxy) is 1. The molecule has 2 saturated heterocycles. The first-order valence-corrected chi connectivity index (χ1v) is 7.27. The van der Waals surface area contributed by atoms with Crippen LogP contribution < -0.4 is 5.32 Å². The number of piperidine rings is 1. The van der Waals surface area contributed by atoms with Gasteiger partial charge in [0.1, 0.15) is 5.75 Å². The average molecular weight is 247 g/mol. The number of sulfone groups is 1. The van der Waals surface area contributed by atoms with Crippen LogP contribution in [0.25, 0.3) is 0 Å². The van der Waals surface area contributed by atoms with Crippen molar-refractivity contribution in [3.05, 3.63) is 0 Å². The molecule has 2 heterocycles. The zero-order valence-electron chi connectivity index (χ0n) is 9.31. The molecule has 2 atom stereocenters. The molecule has 0 aromatic rings. The molecule has 2 aliphatic heterocycles.